The number of carbonyl (C=O) groups excluding carboxylic acids is 2. The van der Waals surface area contributed by atoms with Crippen molar-refractivity contribution in [1.82, 2.24) is 10.6 Å². The molecule has 5 nitrogen and oxygen atoms in total. The first-order valence-corrected chi connectivity index (χ1v) is 6.94. The van der Waals surface area contributed by atoms with E-state index in [1.165, 1.54) is 7.11 Å². The SMILES string of the molecule is COC(=O)C(CC(C)C)NCC(=O)NCCC(C)C. The lowest BCUT2D eigenvalue weighted by Crippen LogP contribution is -2.44. The summed E-state index contributed by atoms with van der Waals surface area (Å²) >= 11 is 0. The summed E-state index contributed by atoms with van der Waals surface area (Å²) < 4.78 is 4.72. The molecule has 5 heteroatoms. The molecule has 0 radical (unpaired) electrons. The van der Waals surface area contributed by atoms with E-state index in [1.807, 2.05) is 13.8 Å². The molecule has 1 atom stereocenters. The quantitative estimate of drug-likeness (QED) is 0.621. The Labute approximate surface area is 116 Å². The molecule has 1 amide bonds. The van der Waals surface area contributed by atoms with Crippen molar-refractivity contribution >= 4 is 11.9 Å². The number of nitrogens with one attached hydrogen (secondary N) is 2. The number of hydrogen-bond acceptors (Lipinski definition) is 4. The molecular formula is C14H28N2O3. The molecule has 0 saturated heterocycles. The Hall–Kier alpha value is -1.10. The van der Waals surface area contributed by atoms with Gasteiger partial charge < -0.3 is 10.1 Å². The Bertz CT molecular complexity index is 278. The van der Waals surface area contributed by atoms with Crippen LogP contribution in [0.3, 0.4) is 0 Å². The first kappa shape index (κ1) is 17.9. The highest BCUT2D eigenvalue weighted by Crippen LogP contribution is 2.05. The molecule has 112 valence electrons. The van der Waals surface area contributed by atoms with Gasteiger partial charge in [0.25, 0.3) is 0 Å². The van der Waals surface area contributed by atoms with Crippen molar-refractivity contribution in [2.24, 2.45) is 11.8 Å². The van der Waals surface area contributed by atoms with Gasteiger partial charge in [0.1, 0.15) is 6.04 Å². The van der Waals surface area contributed by atoms with Crippen LogP contribution in [0.5, 0.6) is 0 Å². The molecule has 0 heterocycles. The van der Waals surface area contributed by atoms with Crippen LogP contribution in [0.1, 0.15) is 40.5 Å². The highest BCUT2D eigenvalue weighted by molar-refractivity contribution is 5.80. The average molecular weight is 272 g/mol. The van der Waals surface area contributed by atoms with Crippen LogP contribution < -0.4 is 10.6 Å². The van der Waals surface area contributed by atoms with Crippen LogP contribution in [0.4, 0.5) is 0 Å². The molecule has 0 saturated carbocycles. The minimum atomic E-state index is -0.416. The molecule has 0 aliphatic carbocycles. The molecule has 0 bridgehead atoms. The maximum atomic E-state index is 11.6. The number of hydrogen-bond donors (Lipinski definition) is 2. The first-order chi connectivity index (χ1) is 8.86. The minimum Gasteiger partial charge on any atom is -0.468 e. The van der Waals surface area contributed by atoms with Gasteiger partial charge in [0.15, 0.2) is 0 Å². The van der Waals surface area contributed by atoms with Gasteiger partial charge in [-0.3, -0.25) is 14.9 Å². The topological polar surface area (TPSA) is 67.4 Å². The van der Waals surface area contributed by atoms with Gasteiger partial charge in [-0.25, -0.2) is 0 Å². The number of ether oxygens (including phenoxy) is 1. The zero-order valence-corrected chi connectivity index (χ0v) is 12.8. The van der Waals surface area contributed by atoms with Gasteiger partial charge in [-0.15, -0.1) is 0 Å². The Morgan fingerprint density at radius 1 is 1.11 bits per heavy atom. The second-order valence-corrected chi connectivity index (χ2v) is 5.62. The predicted octanol–water partition coefficient (Wildman–Crippen LogP) is 1.33. The van der Waals surface area contributed by atoms with E-state index in [9.17, 15) is 9.59 Å². The lowest BCUT2D eigenvalue weighted by atomic mass is 10.0. The van der Waals surface area contributed by atoms with Gasteiger partial charge >= 0.3 is 5.97 Å². The standard InChI is InChI=1S/C14H28N2O3/c1-10(2)6-7-15-13(17)9-16-12(8-11(3)4)14(18)19-5/h10-12,16H,6-9H2,1-5H3,(H,15,17). The van der Waals surface area contributed by atoms with Crippen molar-refractivity contribution in [3.63, 3.8) is 0 Å². The van der Waals surface area contributed by atoms with E-state index in [0.717, 1.165) is 6.42 Å². The third kappa shape index (κ3) is 9.47. The maximum absolute atomic E-state index is 11.6. The molecule has 0 aromatic rings. The monoisotopic (exact) mass is 272 g/mol. The van der Waals surface area contributed by atoms with E-state index in [2.05, 4.69) is 24.5 Å². The van der Waals surface area contributed by atoms with E-state index in [0.29, 0.717) is 24.8 Å². The van der Waals surface area contributed by atoms with Crippen LogP contribution in [0, 0.1) is 11.8 Å². The van der Waals surface area contributed by atoms with Crippen LogP contribution in [0.2, 0.25) is 0 Å². The molecule has 0 fully saturated rings. The van der Waals surface area contributed by atoms with Gasteiger partial charge in [-0.1, -0.05) is 27.7 Å². The summed E-state index contributed by atoms with van der Waals surface area (Å²) in [6, 6.07) is -0.416. The number of esters is 1. The number of rotatable bonds is 9. The maximum Gasteiger partial charge on any atom is 0.322 e. The summed E-state index contributed by atoms with van der Waals surface area (Å²) in [6.45, 7) is 9.09. The van der Waals surface area contributed by atoms with Crippen LogP contribution in [0.15, 0.2) is 0 Å². The fourth-order valence-corrected chi connectivity index (χ4v) is 1.66. The molecule has 0 rings (SSSR count). The van der Waals surface area contributed by atoms with Crippen molar-refractivity contribution in [1.29, 1.82) is 0 Å². The summed E-state index contributed by atoms with van der Waals surface area (Å²) in [5, 5.41) is 5.78. The van der Waals surface area contributed by atoms with Crippen molar-refractivity contribution < 1.29 is 14.3 Å². The van der Waals surface area contributed by atoms with Gasteiger partial charge in [0, 0.05) is 6.54 Å². The van der Waals surface area contributed by atoms with Crippen molar-refractivity contribution in [3.8, 4) is 0 Å². The van der Waals surface area contributed by atoms with Crippen LogP contribution in [0.25, 0.3) is 0 Å². The summed E-state index contributed by atoms with van der Waals surface area (Å²) in [5.74, 6) is 0.527. The first-order valence-electron chi connectivity index (χ1n) is 6.94. The van der Waals surface area contributed by atoms with Crippen LogP contribution >= 0.6 is 0 Å². The summed E-state index contributed by atoms with van der Waals surface area (Å²) in [7, 11) is 1.36. The molecular weight excluding hydrogens is 244 g/mol. The molecule has 2 N–H and O–H groups in total. The Morgan fingerprint density at radius 2 is 1.74 bits per heavy atom. The van der Waals surface area contributed by atoms with Crippen molar-refractivity contribution in [2.45, 2.75) is 46.6 Å². The molecule has 19 heavy (non-hydrogen) atoms. The zero-order valence-electron chi connectivity index (χ0n) is 12.8. The van der Waals surface area contributed by atoms with Crippen molar-refractivity contribution in [2.75, 3.05) is 20.2 Å². The second-order valence-electron chi connectivity index (χ2n) is 5.62. The Balaban J connectivity index is 4.02. The Morgan fingerprint density at radius 3 is 2.21 bits per heavy atom. The van der Waals surface area contributed by atoms with Gasteiger partial charge in [0.05, 0.1) is 13.7 Å². The van der Waals surface area contributed by atoms with E-state index >= 15 is 0 Å². The number of carbonyl (C=O) groups is 2. The molecule has 0 aliphatic rings. The lowest BCUT2D eigenvalue weighted by Gasteiger charge is -2.18. The highest BCUT2D eigenvalue weighted by Gasteiger charge is 2.20. The molecule has 1 unspecified atom stereocenters. The van der Waals surface area contributed by atoms with Gasteiger partial charge in [-0.05, 0) is 24.7 Å². The van der Waals surface area contributed by atoms with Crippen LogP contribution in [-0.2, 0) is 14.3 Å². The predicted molar refractivity (Wildman–Crippen MR) is 75.7 cm³/mol. The van der Waals surface area contributed by atoms with Gasteiger partial charge in [-0.2, -0.15) is 0 Å². The number of methoxy groups -OCH3 is 1. The molecule has 0 aromatic heterocycles. The molecule has 0 aromatic carbocycles. The molecule has 0 aliphatic heterocycles. The minimum absolute atomic E-state index is 0.0849. The smallest absolute Gasteiger partial charge is 0.322 e. The van der Waals surface area contributed by atoms with E-state index < -0.39 is 6.04 Å². The largest absolute Gasteiger partial charge is 0.468 e. The van der Waals surface area contributed by atoms with E-state index in [-0.39, 0.29) is 18.4 Å². The van der Waals surface area contributed by atoms with E-state index in [4.69, 9.17) is 4.74 Å². The second kappa shape index (κ2) is 9.78. The fourth-order valence-electron chi connectivity index (χ4n) is 1.66. The average Bonchev–Trinajstić information content (AvgIpc) is 2.32. The third-order valence-corrected chi connectivity index (χ3v) is 2.75. The third-order valence-electron chi connectivity index (χ3n) is 2.75. The number of amides is 1. The summed E-state index contributed by atoms with van der Waals surface area (Å²) in [5.41, 5.74) is 0. The van der Waals surface area contributed by atoms with Crippen molar-refractivity contribution in [3.05, 3.63) is 0 Å². The summed E-state index contributed by atoms with van der Waals surface area (Å²) in [6.07, 6.45) is 1.62. The fraction of sp³-hybridized carbons (Fsp3) is 0.857. The lowest BCUT2D eigenvalue weighted by molar-refractivity contribution is -0.143. The summed E-state index contributed by atoms with van der Waals surface area (Å²) in [4.78, 5) is 23.1. The van der Waals surface area contributed by atoms with Gasteiger partial charge in [0.2, 0.25) is 5.91 Å². The van der Waals surface area contributed by atoms with Crippen LogP contribution in [-0.4, -0.2) is 38.1 Å². The van der Waals surface area contributed by atoms with E-state index in [1.54, 1.807) is 0 Å². The Kier molecular flexibility index (Phi) is 9.21. The normalized spacial score (nSPS) is 12.6. The molecule has 0 spiro atoms. The highest BCUT2D eigenvalue weighted by atomic mass is 16.5. The zero-order chi connectivity index (χ0) is 14.8.